The summed E-state index contributed by atoms with van der Waals surface area (Å²) in [7, 11) is 0. The van der Waals surface area contributed by atoms with Crippen molar-refractivity contribution in [3.05, 3.63) is 52.0 Å². The topological polar surface area (TPSA) is 43.0 Å². The minimum absolute atomic E-state index is 0.601. The minimum atomic E-state index is 0.601. The van der Waals surface area contributed by atoms with E-state index in [1.54, 1.807) is 0 Å². The summed E-state index contributed by atoms with van der Waals surface area (Å²) in [6.45, 7) is 6.48. The van der Waals surface area contributed by atoms with Crippen LogP contribution in [0, 0.1) is 0 Å². The second-order valence-electron chi connectivity index (χ2n) is 6.49. The molecule has 2 aliphatic heterocycles. The highest BCUT2D eigenvalue weighted by Gasteiger charge is 2.16. The first-order valence-electron chi connectivity index (χ1n) is 8.99. The smallest absolute Gasteiger partial charge is 0.162 e. The molecule has 0 aliphatic carbocycles. The number of hydrogen-bond acceptors (Lipinski definition) is 5. The van der Waals surface area contributed by atoms with E-state index >= 15 is 0 Å². The molecular formula is C20H23BrN2O3. The van der Waals surface area contributed by atoms with Gasteiger partial charge < -0.3 is 19.5 Å². The molecule has 0 amide bonds. The molecule has 4 rings (SSSR count). The Bertz CT molecular complexity index is 763. The van der Waals surface area contributed by atoms with Crippen LogP contribution in [0.5, 0.6) is 11.5 Å². The molecule has 1 N–H and O–H groups in total. The van der Waals surface area contributed by atoms with Crippen LogP contribution in [0.3, 0.4) is 0 Å². The zero-order chi connectivity index (χ0) is 17.8. The number of morpholine rings is 1. The number of hydrogen-bond donors (Lipinski definition) is 1. The first kappa shape index (κ1) is 17.6. The van der Waals surface area contributed by atoms with E-state index in [1.165, 1.54) is 11.3 Å². The quantitative estimate of drug-likeness (QED) is 0.802. The summed E-state index contributed by atoms with van der Waals surface area (Å²) >= 11 is 3.65. The van der Waals surface area contributed by atoms with E-state index in [4.69, 9.17) is 14.2 Å². The van der Waals surface area contributed by atoms with Gasteiger partial charge in [-0.3, -0.25) is 4.90 Å². The molecule has 0 radical (unpaired) electrons. The molecule has 0 saturated carbocycles. The Hall–Kier alpha value is -1.76. The van der Waals surface area contributed by atoms with Gasteiger partial charge in [0.05, 0.1) is 13.2 Å². The number of anilines is 1. The highest BCUT2D eigenvalue weighted by Crippen LogP contribution is 2.36. The molecule has 26 heavy (non-hydrogen) atoms. The Labute approximate surface area is 162 Å². The van der Waals surface area contributed by atoms with Crippen molar-refractivity contribution in [1.82, 2.24) is 4.90 Å². The van der Waals surface area contributed by atoms with Crippen LogP contribution in [0.4, 0.5) is 5.69 Å². The first-order chi connectivity index (χ1) is 12.8. The van der Waals surface area contributed by atoms with E-state index in [9.17, 15) is 0 Å². The van der Waals surface area contributed by atoms with Crippen LogP contribution in [0.2, 0.25) is 0 Å². The monoisotopic (exact) mass is 418 g/mol. The standard InChI is InChI=1S/C20H23BrN2O3/c21-17-12-20-19(25-9-10-26-20)11-16(17)13-22-18-4-2-1-3-15(18)14-23-5-7-24-8-6-23/h1-4,11-12,22H,5-10,13-14H2. The Morgan fingerprint density at radius 2 is 1.65 bits per heavy atom. The van der Waals surface area contributed by atoms with Gasteiger partial charge in [-0.25, -0.2) is 0 Å². The fourth-order valence-electron chi connectivity index (χ4n) is 3.26. The van der Waals surface area contributed by atoms with E-state index in [0.717, 1.165) is 60.9 Å². The predicted molar refractivity (Wildman–Crippen MR) is 105 cm³/mol. The third-order valence-corrected chi connectivity index (χ3v) is 5.43. The minimum Gasteiger partial charge on any atom is -0.486 e. The van der Waals surface area contributed by atoms with Crippen LogP contribution >= 0.6 is 15.9 Å². The van der Waals surface area contributed by atoms with Crippen LogP contribution in [-0.4, -0.2) is 44.4 Å². The average molecular weight is 419 g/mol. The van der Waals surface area contributed by atoms with Gasteiger partial charge >= 0.3 is 0 Å². The SMILES string of the molecule is Brc1cc2c(cc1CNc1ccccc1CN1CCOCC1)OCCO2. The molecule has 2 aliphatic rings. The van der Waals surface area contributed by atoms with Crippen molar-refractivity contribution in [1.29, 1.82) is 0 Å². The van der Waals surface area contributed by atoms with Crippen molar-refractivity contribution in [3.63, 3.8) is 0 Å². The van der Waals surface area contributed by atoms with Crippen LogP contribution in [0.15, 0.2) is 40.9 Å². The van der Waals surface area contributed by atoms with Gasteiger partial charge in [0.15, 0.2) is 11.5 Å². The van der Waals surface area contributed by atoms with Crippen molar-refractivity contribution in [2.24, 2.45) is 0 Å². The van der Waals surface area contributed by atoms with Gasteiger partial charge in [-0.05, 0) is 29.3 Å². The fraction of sp³-hybridized carbons (Fsp3) is 0.400. The molecule has 138 valence electrons. The molecular weight excluding hydrogens is 396 g/mol. The Morgan fingerprint density at radius 3 is 2.46 bits per heavy atom. The summed E-state index contributed by atoms with van der Waals surface area (Å²) in [5.41, 5.74) is 3.62. The summed E-state index contributed by atoms with van der Waals surface area (Å²) in [5, 5.41) is 3.58. The summed E-state index contributed by atoms with van der Waals surface area (Å²) in [6.07, 6.45) is 0. The third-order valence-electron chi connectivity index (χ3n) is 4.70. The largest absolute Gasteiger partial charge is 0.486 e. The summed E-state index contributed by atoms with van der Waals surface area (Å²) in [5.74, 6) is 1.62. The molecule has 1 saturated heterocycles. The van der Waals surface area contributed by atoms with Gasteiger partial charge in [0.25, 0.3) is 0 Å². The second kappa shape index (κ2) is 8.29. The van der Waals surface area contributed by atoms with Gasteiger partial charge in [-0.2, -0.15) is 0 Å². The number of fused-ring (bicyclic) bond motifs is 1. The van der Waals surface area contributed by atoms with Crippen LogP contribution in [0.25, 0.3) is 0 Å². The number of benzene rings is 2. The van der Waals surface area contributed by atoms with Crippen LogP contribution < -0.4 is 14.8 Å². The zero-order valence-electron chi connectivity index (χ0n) is 14.7. The van der Waals surface area contributed by atoms with Gasteiger partial charge in [-0.1, -0.05) is 34.1 Å². The summed E-state index contributed by atoms with van der Waals surface area (Å²) < 4.78 is 17.8. The average Bonchev–Trinajstić information content (AvgIpc) is 2.68. The second-order valence-corrected chi connectivity index (χ2v) is 7.34. The Morgan fingerprint density at radius 1 is 0.923 bits per heavy atom. The highest BCUT2D eigenvalue weighted by molar-refractivity contribution is 9.10. The lowest BCUT2D eigenvalue weighted by Gasteiger charge is -2.27. The van der Waals surface area contributed by atoms with Crippen molar-refractivity contribution in [3.8, 4) is 11.5 Å². The van der Waals surface area contributed by atoms with Crippen LogP contribution in [0.1, 0.15) is 11.1 Å². The molecule has 5 nitrogen and oxygen atoms in total. The maximum absolute atomic E-state index is 5.70. The number of halogens is 1. The number of nitrogens with one attached hydrogen (secondary N) is 1. The molecule has 0 spiro atoms. The lowest BCUT2D eigenvalue weighted by molar-refractivity contribution is 0.0342. The van der Waals surface area contributed by atoms with E-state index in [0.29, 0.717) is 13.2 Å². The Balaban J connectivity index is 1.46. The number of para-hydroxylation sites is 1. The lowest BCUT2D eigenvalue weighted by Crippen LogP contribution is -2.35. The molecule has 1 fully saturated rings. The molecule has 0 aromatic heterocycles. The first-order valence-corrected chi connectivity index (χ1v) is 9.79. The number of rotatable bonds is 5. The van der Waals surface area contributed by atoms with Gasteiger partial charge in [0.2, 0.25) is 0 Å². The lowest BCUT2D eigenvalue weighted by atomic mass is 10.1. The predicted octanol–water partition coefficient (Wildman–Crippen LogP) is 3.66. The van der Waals surface area contributed by atoms with Gasteiger partial charge in [-0.15, -0.1) is 0 Å². The maximum atomic E-state index is 5.70. The van der Waals surface area contributed by atoms with Crippen molar-refractivity contribution < 1.29 is 14.2 Å². The molecule has 0 bridgehead atoms. The normalized spacial score (nSPS) is 17.1. The van der Waals surface area contributed by atoms with E-state index in [2.05, 4.69) is 56.5 Å². The summed E-state index contributed by atoms with van der Waals surface area (Å²) in [4.78, 5) is 2.43. The molecule has 2 aromatic carbocycles. The summed E-state index contributed by atoms with van der Waals surface area (Å²) in [6, 6.07) is 12.5. The fourth-order valence-corrected chi connectivity index (χ4v) is 3.73. The van der Waals surface area contributed by atoms with Crippen molar-refractivity contribution in [2.45, 2.75) is 13.1 Å². The van der Waals surface area contributed by atoms with Crippen LogP contribution in [-0.2, 0) is 17.8 Å². The van der Waals surface area contributed by atoms with Gasteiger partial charge in [0.1, 0.15) is 13.2 Å². The maximum Gasteiger partial charge on any atom is 0.162 e. The highest BCUT2D eigenvalue weighted by atomic mass is 79.9. The van der Waals surface area contributed by atoms with Crippen molar-refractivity contribution >= 4 is 21.6 Å². The number of ether oxygens (including phenoxy) is 3. The van der Waals surface area contributed by atoms with Gasteiger partial charge in [0, 0.05) is 36.3 Å². The van der Waals surface area contributed by atoms with Crippen molar-refractivity contribution in [2.75, 3.05) is 44.8 Å². The molecule has 6 heteroatoms. The van der Waals surface area contributed by atoms with E-state index in [1.807, 2.05) is 6.07 Å². The molecule has 0 unspecified atom stereocenters. The zero-order valence-corrected chi connectivity index (χ0v) is 16.3. The Kier molecular flexibility index (Phi) is 5.62. The molecule has 2 aromatic rings. The van der Waals surface area contributed by atoms with E-state index < -0.39 is 0 Å². The molecule has 2 heterocycles. The van der Waals surface area contributed by atoms with E-state index in [-0.39, 0.29) is 0 Å². The number of nitrogens with zero attached hydrogens (tertiary/aromatic N) is 1. The third kappa shape index (κ3) is 4.14. The molecule has 0 atom stereocenters.